The van der Waals surface area contributed by atoms with Crippen molar-refractivity contribution in [2.45, 2.75) is 69.9 Å². The Balaban J connectivity index is 1.10. The molecule has 2 aromatic carbocycles. The second-order valence-corrected chi connectivity index (χ2v) is 12.3. The van der Waals surface area contributed by atoms with Gasteiger partial charge in [0.1, 0.15) is 0 Å². The number of benzene rings is 2. The Bertz CT molecular complexity index is 994. The zero-order chi connectivity index (χ0) is 22.5. The van der Waals surface area contributed by atoms with Gasteiger partial charge in [-0.2, -0.15) is 0 Å². The largest absolute Gasteiger partial charge is 0.338 e. The fourth-order valence-electron chi connectivity index (χ4n) is 8.87. The molecule has 178 valence electrons. The number of nitrogens with zero attached hydrogens (tertiary/aromatic N) is 3. The van der Waals surface area contributed by atoms with E-state index in [0.29, 0.717) is 17.5 Å². The maximum absolute atomic E-state index is 5.18. The molecule has 34 heavy (non-hydrogen) atoms. The van der Waals surface area contributed by atoms with Gasteiger partial charge in [-0.25, -0.2) is 0 Å². The molecule has 2 aromatic rings. The van der Waals surface area contributed by atoms with Gasteiger partial charge in [0.25, 0.3) is 0 Å². The first-order chi connectivity index (χ1) is 16.7. The summed E-state index contributed by atoms with van der Waals surface area (Å²) < 4.78 is 0. The minimum Gasteiger partial charge on any atom is -0.338 e. The molecule has 8 rings (SSSR count). The third-order valence-corrected chi connectivity index (χ3v) is 9.92. The molecule has 0 N–H and O–H groups in total. The van der Waals surface area contributed by atoms with E-state index >= 15 is 0 Å². The first-order valence-corrected chi connectivity index (χ1v) is 13.9. The summed E-state index contributed by atoms with van der Waals surface area (Å²) in [6.07, 6.45) is 12.8. The molecule has 2 atom stereocenters. The maximum Gasteiger partial charge on any atom is 0.197 e. The molecule has 1 saturated heterocycles. The number of hydrogen-bond acceptors (Lipinski definition) is 3. The average molecular weight is 454 g/mol. The van der Waals surface area contributed by atoms with Gasteiger partial charge in [-0.05, 0) is 92.1 Å². The predicted molar refractivity (Wildman–Crippen MR) is 139 cm³/mol. The van der Waals surface area contributed by atoms with Crippen molar-refractivity contribution in [2.75, 3.05) is 19.6 Å². The highest BCUT2D eigenvalue weighted by molar-refractivity contribution is 5.84. The molecule has 0 radical (unpaired) electrons. The molecule has 4 saturated carbocycles. The van der Waals surface area contributed by atoms with Crippen molar-refractivity contribution in [3.63, 3.8) is 0 Å². The van der Waals surface area contributed by atoms with Gasteiger partial charge in [-0.1, -0.05) is 60.7 Å². The summed E-state index contributed by atoms with van der Waals surface area (Å²) in [4.78, 5) is 10.6. The number of hydrogen-bond donors (Lipinski definition) is 0. The summed E-state index contributed by atoms with van der Waals surface area (Å²) in [7, 11) is 0. The Morgan fingerprint density at radius 3 is 1.88 bits per heavy atom. The highest BCUT2D eigenvalue weighted by atomic mass is 15.5. The standard InChI is InChI=1S/C31H39N3/c1-3-7-23(8-4-1)16-28-21-32-30-33(29(22-34(28)30)17-24-9-5-2-6-10-24)12-11-31-18-25-13-26(19-31)15-27(14-25)20-31/h1-10,25-29H,11-22H2/t25?,26?,27?,28-,29-,31?/m0/s1. The lowest BCUT2D eigenvalue weighted by Gasteiger charge is -2.57. The number of fused-ring (bicyclic) bond motifs is 1. The van der Waals surface area contributed by atoms with Crippen LogP contribution in [0.3, 0.4) is 0 Å². The Morgan fingerprint density at radius 1 is 0.735 bits per heavy atom. The molecule has 0 aromatic heterocycles. The zero-order valence-corrected chi connectivity index (χ0v) is 20.5. The second-order valence-electron chi connectivity index (χ2n) is 12.3. The molecule has 6 aliphatic rings. The van der Waals surface area contributed by atoms with E-state index in [2.05, 4.69) is 70.5 Å². The van der Waals surface area contributed by atoms with Crippen LogP contribution in [0.2, 0.25) is 0 Å². The minimum absolute atomic E-state index is 0.514. The Labute approximate surface area is 205 Å². The number of aliphatic imine (C=N–C) groups is 1. The van der Waals surface area contributed by atoms with Crippen molar-refractivity contribution in [3.8, 4) is 0 Å². The number of rotatable bonds is 7. The van der Waals surface area contributed by atoms with Gasteiger partial charge in [-0.15, -0.1) is 0 Å². The normalized spacial score (nSPS) is 35.6. The molecule has 2 heterocycles. The van der Waals surface area contributed by atoms with Crippen LogP contribution < -0.4 is 0 Å². The highest BCUT2D eigenvalue weighted by Gasteiger charge is 2.51. The van der Waals surface area contributed by atoms with Crippen molar-refractivity contribution >= 4 is 5.96 Å². The summed E-state index contributed by atoms with van der Waals surface area (Å²) in [5, 5.41) is 0. The SMILES string of the molecule is c1ccc(C[C@H]2CN=C3N(CCC45CC6CC(CC(C6)C4)C5)[C@@H](Cc4ccccc4)CN32)cc1. The first kappa shape index (κ1) is 21.0. The van der Waals surface area contributed by atoms with Gasteiger partial charge in [-0.3, -0.25) is 4.99 Å². The monoisotopic (exact) mass is 453 g/mol. The molecule has 4 aliphatic carbocycles. The molecule has 0 spiro atoms. The molecule has 0 unspecified atom stereocenters. The van der Waals surface area contributed by atoms with Crippen molar-refractivity contribution < 1.29 is 0 Å². The molecular formula is C31H39N3. The topological polar surface area (TPSA) is 18.8 Å². The van der Waals surface area contributed by atoms with Gasteiger partial charge in [0.2, 0.25) is 0 Å². The van der Waals surface area contributed by atoms with E-state index in [9.17, 15) is 0 Å². The lowest BCUT2D eigenvalue weighted by atomic mass is 9.49. The van der Waals surface area contributed by atoms with Crippen molar-refractivity contribution in [3.05, 3.63) is 71.8 Å². The first-order valence-electron chi connectivity index (χ1n) is 13.9. The molecule has 2 aliphatic heterocycles. The van der Waals surface area contributed by atoms with E-state index in [1.54, 1.807) is 19.3 Å². The van der Waals surface area contributed by atoms with Crippen LogP contribution >= 0.6 is 0 Å². The van der Waals surface area contributed by atoms with Gasteiger partial charge in [0.15, 0.2) is 5.96 Å². The van der Waals surface area contributed by atoms with E-state index in [0.717, 1.165) is 43.7 Å². The van der Waals surface area contributed by atoms with Crippen LogP contribution in [0, 0.1) is 23.2 Å². The smallest absolute Gasteiger partial charge is 0.197 e. The van der Waals surface area contributed by atoms with Gasteiger partial charge in [0.05, 0.1) is 18.6 Å². The lowest BCUT2D eigenvalue weighted by molar-refractivity contribution is -0.0595. The summed E-state index contributed by atoms with van der Waals surface area (Å²) in [6, 6.07) is 23.2. The summed E-state index contributed by atoms with van der Waals surface area (Å²) >= 11 is 0. The Morgan fingerprint density at radius 2 is 1.29 bits per heavy atom. The third kappa shape index (κ3) is 3.85. The van der Waals surface area contributed by atoms with Crippen LogP contribution in [0.5, 0.6) is 0 Å². The van der Waals surface area contributed by atoms with Crippen LogP contribution in [-0.4, -0.2) is 47.5 Å². The van der Waals surface area contributed by atoms with E-state index in [4.69, 9.17) is 4.99 Å². The summed E-state index contributed by atoms with van der Waals surface area (Å²) in [6.45, 7) is 3.29. The quantitative estimate of drug-likeness (QED) is 0.527. The van der Waals surface area contributed by atoms with E-state index in [1.807, 2.05) is 0 Å². The predicted octanol–water partition coefficient (Wildman–Crippen LogP) is 5.80. The number of guanidine groups is 1. The second kappa shape index (κ2) is 8.43. The molecule has 3 nitrogen and oxygen atoms in total. The van der Waals surface area contributed by atoms with Crippen molar-refractivity contribution in [2.24, 2.45) is 28.2 Å². The minimum atomic E-state index is 0.514. The van der Waals surface area contributed by atoms with E-state index in [1.165, 1.54) is 49.3 Å². The fourth-order valence-corrected chi connectivity index (χ4v) is 8.87. The molecule has 5 fully saturated rings. The van der Waals surface area contributed by atoms with Crippen LogP contribution in [-0.2, 0) is 12.8 Å². The highest BCUT2D eigenvalue weighted by Crippen LogP contribution is 2.61. The third-order valence-electron chi connectivity index (χ3n) is 9.92. The Kier molecular flexibility index (Phi) is 5.21. The maximum atomic E-state index is 5.18. The van der Waals surface area contributed by atoms with Gasteiger partial charge >= 0.3 is 0 Å². The van der Waals surface area contributed by atoms with Crippen LogP contribution in [0.15, 0.2) is 65.7 Å². The zero-order valence-electron chi connectivity index (χ0n) is 20.5. The molecule has 4 bridgehead atoms. The molecular weight excluding hydrogens is 414 g/mol. The van der Waals surface area contributed by atoms with E-state index < -0.39 is 0 Å². The average Bonchev–Trinajstić information content (AvgIpc) is 3.37. The van der Waals surface area contributed by atoms with Gasteiger partial charge in [0, 0.05) is 13.1 Å². The van der Waals surface area contributed by atoms with E-state index in [-0.39, 0.29) is 0 Å². The Hall–Kier alpha value is -2.29. The molecule has 3 heteroatoms. The van der Waals surface area contributed by atoms with Gasteiger partial charge < -0.3 is 9.80 Å². The molecule has 0 amide bonds. The summed E-state index contributed by atoms with van der Waals surface area (Å²) in [5.74, 6) is 4.44. The summed E-state index contributed by atoms with van der Waals surface area (Å²) in [5.41, 5.74) is 3.55. The van der Waals surface area contributed by atoms with Crippen molar-refractivity contribution in [1.29, 1.82) is 0 Å². The van der Waals surface area contributed by atoms with Crippen LogP contribution in [0.25, 0.3) is 0 Å². The lowest BCUT2D eigenvalue weighted by Crippen LogP contribution is -2.48. The van der Waals surface area contributed by atoms with Crippen LogP contribution in [0.1, 0.15) is 56.1 Å². The van der Waals surface area contributed by atoms with Crippen LogP contribution in [0.4, 0.5) is 0 Å². The van der Waals surface area contributed by atoms with Crippen molar-refractivity contribution in [1.82, 2.24) is 9.80 Å². The fraction of sp³-hybridized carbons (Fsp3) is 0.581.